The van der Waals surface area contributed by atoms with E-state index in [0.29, 0.717) is 12.0 Å². The van der Waals surface area contributed by atoms with E-state index >= 15 is 0 Å². The highest BCUT2D eigenvalue weighted by atomic mass is 15.3. The van der Waals surface area contributed by atoms with Crippen LogP contribution >= 0.6 is 0 Å². The number of piperazine rings is 1. The smallest absolute Gasteiger partial charge is 0.156 e. The van der Waals surface area contributed by atoms with Crippen LogP contribution in [0.4, 0.5) is 11.5 Å². The van der Waals surface area contributed by atoms with Crippen LogP contribution in [-0.2, 0) is 0 Å². The quantitative estimate of drug-likeness (QED) is 0.828. The SMILES string of the molecule is CC.CC.Cc1nc(C(C)C)c2c(n1)N1CCNCC1CCN2. The van der Waals surface area contributed by atoms with Crippen LogP contribution in [0.25, 0.3) is 0 Å². The summed E-state index contributed by atoms with van der Waals surface area (Å²) in [6, 6.07) is 0.553. The largest absolute Gasteiger partial charge is 0.380 e. The molecule has 0 amide bonds. The summed E-state index contributed by atoms with van der Waals surface area (Å²) in [5.74, 6) is 2.41. The average molecular weight is 322 g/mol. The highest BCUT2D eigenvalue weighted by Crippen LogP contribution is 2.35. The van der Waals surface area contributed by atoms with Gasteiger partial charge in [0.25, 0.3) is 0 Å². The van der Waals surface area contributed by atoms with Gasteiger partial charge >= 0.3 is 0 Å². The van der Waals surface area contributed by atoms with Crippen LogP contribution in [0, 0.1) is 6.92 Å². The zero-order valence-corrected chi connectivity index (χ0v) is 16.0. The molecule has 2 aliphatic rings. The molecule has 1 unspecified atom stereocenters. The van der Waals surface area contributed by atoms with E-state index in [1.807, 2.05) is 34.6 Å². The van der Waals surface area contributed by atoms with Gasteiger partial charge in [-0.15, -0.1) is 0 Å². The molecule has 2 N–H and O–H groups in total. The third-order valence-electron chi connectivity index (χ3n) is 3.98. The lowest BCUT2D eigenvalue weighted by atomic mass is 10.1. The minimum atomic E-state index is 0.419. The Hall–Kier alpha value is -1.36. The summed E-state index contributed by atoms with van der Waals surface area (Å²) in [6.07, 6.45) is 1.15. The van der Waals surface area contributed by atoms with E-state index in [2.05, 4.69) is 34.4 Å². The molecular weight excluding hydrogens is 286 g/mol. The number of hydrogen-bond donors (Lipinski definition) is 2. The van der Waals surface area contributed by atoms with E-state index in [0.717, 1.165) is 55.6 Å². The predicted molar refractivity (Wildman–Crippen MR) is 101 cm³/mol. The molecule has 1 fully saturated rings. The standard InChI is InChI=1S/C14H23N5.2C2H6/c1-9(2)12-13-14(18-10(3)17-12)19-7-6-15-8-11(19)4-5-16-13;2*1-2/h9,11,15-16H,4-8H2,1-3H3;2*1-2H3. The Balaban J connectivity index is 0.000000615. The molecule has 5 heteroatoms. The van der Waals surface area contributed by atoms with E-state index in [1.165, 1.54) is 0 Å². The number of aryl methyl sites for hydroxylation is 1. The van der Waals surface area contributed by atoms with Crippen molar-refractivity contribution in [3.63, 3.8) is 0 Å². The molecule has 0 aromatic carbocycles. The van der Waals surface area contributed by atoms with Gasteiger partial charge in [0.05, 0.1) is 11.4 Å². The van der Waals surface area contributed by atoms with Gasteiger partial charge in [-0.1, -0.05) is 41.5 Å². The van der Waals surface area contributed by atoms with Gasteiger partial charge in [-0.2, -0.15) is 0 Å². The van der Waals surface area contributed by atoms with Crippen molar-refractivity contribution in [2.24, 2.45) is 0 Å². The molecule has 0 saturated carbocycles. The molecule has 23 heavy (non-hydrogen) atoms. The molecule has 1 saturated heterocycles. The summed E-state index contributed by atoms with van der Waals surface area (Å²) in [7, 11) is 0. The maximum absolute atomic E-state index is 4.73. The molecule has 0 bridgehead atoms. The third kappa shape index (κ3) is 4.56. The molecule has 1 aromatic heterocycles. The van der Waals surface area contributed by atoms with Crippen molar-refractivity contribution in [3.8, 4) is 0 Å². The number of anilines is 2. The Morgan fingerprint density at radius 1 is 1.09 bits per heavy atom. The van der Waals surface area contributed by atoms with Crippen LogP contribution in [0.1, 0.15) is 65.4 Å². The van der Waals surface area contributed by atoms with Crippen LogP contribution in [0.2, 0.25) is 0 Å². The van der Waals surface area contributed by atoms with Crippen molar-refractivity contribution in [3.05, 3.63) is 11.5 Å². The first-order chi connectivity index (χ1) is 11.2. The molecule has 0 aliphatic carbocycles. The van der Waals surface area contributed by atoms with Crippen LogP contribution in [0.3, 0.4) is 0 Å². The van der Waals surface area contributed by atoms with E-state index in [9.17, 15) is 0 Å². The number of hydrogen-bond acceptors (Lipinski definition) is 5. The Kier molecular flexibility index (Phi) is 8.31. The Labute approximate surface area is 142 Å². The zero-order valence-electron chi connectivity index (χ0n) is 16.0. The fraction of sp³-hybridized carbons (Fsp3) is 0.778. The summed E-state index contributed by atoms with van der Waals surface area (Å²) in [5, 5.41) is 7.05. The molecule has 1 atom stereocenters. The van der Waals surface area contributed by atoms with Crippen molar-refractivity contribution < 1.29 is 0 Å². The number of nitrogens with one attached hydrogen (secondary N) is 2. The summed E-state index contributed by atoms with van der Waals surface area (Å²) in [6.45, 7) is 18.5. The summed E-state index contributed by atoms with van der Waals surface area (Å²) >= 11 is 0. The average Bonchev–Trinajstić information content (AvgIpc) is 2.77. The van der Waals surface area contributed by atoms with E-state index in [4.69, 9.17) is 4.98 Å². The van der Waals surface area contributed by atoms with Gasteiger partial charge in [-0.3, -0.25) is 0 Å². The van der Waals surface area contributed by atoms with Crippen LogP contribution < -0.4 is 15.5 Å². The van der Waals surface area contributed by atoms with Gasteiger partial charge in [-0.05, 0) is 19.3 Å². The third-order valence-corrected chi connectivity index (χ3v) is 3.98. The van der Waals surface area contributed by atoms with Gasteiger partial charge < -0.3 is 15.5 Å². The maximum Gasteiger partial charge on any atom is 0.156 e. The molecule has 0 radical (unpaired) electrons. The Bertz CT molecular complexity index is 473. The summed E-state index contributed by atoms with van der Waals surface area (Å²) in [5.41, 5.74) is 2.31. The summed E-state index contributed by atoms with van der Waals surface area (Å²) < 4.78 is 0. The lowest BCUT2D eigenvalue weighted by molar-refractivity contribution is 0.463. The Morgan fingerprint density at radius 2 is 1.78 bits per heavy atom. The highest BCUT2D eigenvalue weighted by molar-refractivity contribution is 5.70. The number of aromatic nitrogens is 2. The fourth-order valence-corrected chi connectivity index (χ4v) is 3.04. The van der Waals surface area contributed by atoms with Gasteiger partial charge in [0.2, 0.25) is 0 Å². The monoisotopic (exact) mass is 321 g/mol. The molecule has 5 nitrogen and oxygen atoms in total. The molecule has 2 aliphatic heterocycles. The maximum atomic E-state index is 4.73. The minimum Gasteiger partial charge on any atom is -0.380 e. The van der Waals surface area contributed by atoms with E-state index in [1.54, 1.807) is 0 Å². The topological polar surface area (TPSA) is 53.1 Å². The molecular formula is C18H35N5. The normalized spacial score (nSPS) is 19.1. The van der Waals surface area contributed by atoms with Gasteiger partial charge in [0, 0.05) is 32.2 Å². The fourth-order valence-electron chi connectivity index (χ4n) is 3.04. The van der Waals surface area contributed by atoms with Crippen molar-refractivity contribution in [2.45, 2.75) is 66.8 Å². The van der Waals surface area contributed by atoms with Gasteiger partial charge in [-0.25, -0.2) is 9.97 Å². The van der Waals surface area contributed by atoms with Crippen molar-refractivity contribution in [2.75, 3.05) is 36.4 Å². The molecule has 0 spiro atoms. The lowest BCUT2D eigenvalue weighted by Crippen LogP contribution is -2.51. The van der Waals surface area contributed by atoms with Crippen LogP contribution in [0.15, 0.2) is 0 Å². The molecule has 1 aromatic rings. The number of fused-ring (bicyclic) bond motifs is 3. The van der Waals surface area contributed by atoms with Crippen molar-refractivity contribution >= 4 is 11.5 Å². The van der Waals surface area contributed by atoms with Crippen LogP contribution in [0.5, 0.6) is 0 Å². The van der Waals surface area contributed by atoms with E-state index in [-0.39, 0.29) is 0 Å². The lowest BCUT2D eigenvalue weighted by Gasteiger charge is -2.36. The summed E-state index contributed by atoms with van der Waals surface area (Å²) in [4.78, 5) is 11.8. The minimum absolute atomic E-state index is 0.419. The van der Waals surface area contributed by atoms with Crippen molar-refractivity contribution in [1.82, 2.24) is 15.3 Å². The second-order valence-corrected chi connectivity index (χ2v) is 5.78. The zero-order chi connectivity index (χ0) is 17.4. The van der Waals surface area contributed by atoms with Crippen LogP contribution in [-0.4, -0.2) is 42.2 Å². The second-order valence-electron chi connectivity index (χ2n) is 5.78. The predicted octanol–water partition coefficient (Wildman–Crippen LogP) is 3.55. The van der Waals surface area contributed by atoms with E-state index < -0.39 is 0 Å². The number of rotatable bonds is 1. The first-order valence-corrected chi connectivity index (χ1v) is 9.26. The van der Waals surface area contributed by atoms with Gasteiger partial charge in [0.15, 0.2) is 5.82 Å². The molecule has 3 heterocycles. The first-order valence-electron chi connectivity index (χ1n) is 9.26. The molecule has 132 valence electrons. The molecule has 3 rings (SSSR count). The highest BCUT2D eigenvalue weighted by Gasteiger charge is 2.30. The Morgan fingerprint density at radius 3 is 2.43 bits per heavy atom. The number of nitrogens with zero attached hydrogens (tertiary/aromatic N) is 3. The second kappa shape index (κ2) is 9.71. The van der Waals surface area contributed by atoms with Gasteiger partial charge in [0.1, 0.15) is 5.82 Å². The first kappa shape index (κ1) is 19.7. The van der Waals surface area contributed by atoms with Crippen molar-refractivity contribution in [1.29, 1.82) is 0 Å².